The van der Waals surface area contributed by atoms with Gasteiger partial charge in [0.2, 0.25) is 44.1 Å². The Balaban J connectivity index is 0.000000245. The Morgan fingerprint density at radius 1 is 0.373 bits per heavy atom. The summed E-state index contributed by atoms with van der Waals surface area (Å²) in [7, 11) is 3.01. The number of nitrogens with two attached hydrogens (primary N) is 4. The van der Waals surface area contributed by atoms with Crippen molar-refractivity contribution < 1.29 is 71.4 Å². The molecular weight excluding hydrogens is 1410 g/mol. The maximum absolute atomic E-state index is 13.2. The second kappa shape index (κ2) is 41.9. The van der Waals surface area contributed by atoms with Crippen molar-refractivity contribution in [3.63, 3.8) is 0 Å². The molecule has 0 bridgehead atoms. The smallest absolute Gasteiger partial charge is 0.252 e. The molecule has 12 N–H and O–H groups in total. The van der Waals surface area contributed by atoms with Crippen molar-refractivity contribution in [1.82, 2.24) is 21.3 Å². The van der Waals surface area contributed by atoms with E-state index in [0.29, 0.717) is 75.0 Å². The summed E-state index contributed by atoms with van der Waals surface area (Å²) in [5, 5.41) is 9.95. The summed E-state index contributed by atoms with van der Waals surface area (Å²) < 4.78 is 23.6. The summed E-state index contributed by atoms with van der Waals surface area (Å²) in [6.07, 6.45) is 0.206. The molecule has 28 heteroatoms. The van der Waals surface area contributed by atoms with E-state index in [9.17, 15) is 61.9 Å². The van der Waals surface area contributed by atoms with Crippen LogP contribution in [0.2, 0.25) is 5.02 Å². The molecule has 0 saturated carbocycles. The van der Waals surface area contributed by atoms with Gasteiger partial charge in [0, 0.05) is 98.7 Å². The van der Waals surface area contributed by atoms with E-state index in [4.69, 9.17) is 44.0 Å². The predicted octanol–water partition coefficient (Wildman–Crippen LogP) is 11.0. The average Bonchev–Trinajstić information content (AvgIpc) is 0.858. The molecule has 8 rings (SSSR count). The van der Waals surface area contributed by atoms with Gasteiger partial charge in [-0.2, -0.15) is 0 Å². The molecule has 0 heterocycles. The maximum Gasteiger partial charge on any atom is 0.252 e. The zero-order chi connectivity index (χ0) is 74.9. The van der Waals surface area contributed by atoms with Crippen LogP contribution in [0.15, 0.2) is 208 Å². The topological polar surface area (TPSA) is 375 Å². The van der Waals surface area contributed by atoms with Crippen molar-refractivity contribution in [1.29, 1.82) is 0 Å². The van der Waals surface area contributed by atoms with Gasteiger partial charge in [0.1, 0.15) is 5.82 Å². The van der Waals surface area contributed by atoms with Crippen LogP contribution in [-0.4, -0.2) is 108 Å². The van der Waals surface area contributed by atoms with Gasteiger partial charge in [0.25, 0.3) is 23.6 Å². The van der Waals surface area contributed by atoms with Crippen LogP contribution in [0.5, 0.6) is 11.5 Å². The van der Waals surface area contributed by atoms with E-state index in [1.807, 2.05) is 24.3 Å². The first-order valence-electron chi connectivity index (χ1n) is 30.9. The highest BCUT2D eigenvalue weighted by atomic mass is 35.5. The molecule has 22 nitrogen and oxygen atoms in total. The van der Waals surface area contributed by atoms with Crippen LogP contribution in [0.25, 0.3) is 0 Å². The number of carbonyl (C=O) groups excluding carboxylic acids is 12. The Bertz CT molecular complexity index is 4220. The number of benzene rings is 8. The van der Waals surface area contributed by atoms with Crippen molar-refractivity contribution in [2.45, 2.75) is 71.5 Å². The zero-order valence-corrected chi connectivity index (χ0v) is 60.0. The van der Waals surface area contributed by atoms with Gasteiger partial charge in [0.05, 0.1) is 36.5 Å². The van der Waals surface area contributed by atoms with Crippen molar-refractivity contribution in [3.8, 4) is 11.5 Å². The number of hydrogen-bond acceptors (Lipinski definition) is 18. The normalized spacial score (nSPS) is 10.4. The molecule has 0 aliphatic heterocycles. The number of carbonyl (C=O) groups is 12. The standard InChI is InChI=1S/C21H24N2O3S.C19H20N2O5S.C17H15ClN2O3S.C17H15FN2O3S/c1-21(2,3)15-10-8-14(9-11-15)20(26)27-17-7-5-4-6-16(17)19(25)23-13-12-18(22)24;1-25-14-8-7-12(11-15(14)26-2)19(24)27-16-6-4-3-5-13(16)18(23)21-10-9-17(20)22;2*18-12-5-3-4-11(10-12)17(23)24-14-7-2-1-6-13(14)16(22)20-9-8-15(19)21/h4-11H,12-13H2,1-3H3,(H2,22,24)(H,23,25);3-8,11H,9-10H2,1-2H3,(H2,20,22)(H,21,23);2*1-7,10H,8-9H2,(H2,19,21)(H,20,22). The fraction of sp³-hybridized carbons (Fsp3) is 0.189. The molecule has 532 valence electrons. The molecular formula is C74H74ClFN8O14S4. The van der Waals surface area contributed by atoms with Gasteiger partial charge in [0.15, 0.2) is 11.5 Å². The van der Waals surface area contributed by atoms with Crippen LogP contribution in [0.1, 0.15) is 135 Å². The molecule has 0 aliphatic rings. The lowest BCUT2D eigenvalue weighted by atomic mass is 9.87. The average molecular weight is 1480 g/mol. The van der Waals surface area contributed by atoms with E-state index in [0.717, 1.165) is 58.7 Å². The molecule has 0 radical (unpaired) electrons. The second-order valence-corrected chi connectivity index (χ2v) is 26.8. The van der Waals surface area contributed by atoms with E-state index in [2.05, 4.69) is 42.0 Å². The highest BCUT2D eigenvalue weighted by molar-refractivity contribution is 8.15. The number of methoxy groups -OCH3 is 2. The Morgan fingerprint density at radius 2 is 0.676 bits per heavy atom. The number of hydrogen-bond donors (Lipinski definition) is 8. The number of nitrogens with one attached hydrogen (secondary N) is 4. The van der Waals surface area contributed by atoms with Gasteiger partial charge in [-0.1, -0.05) is 129 Å². The van der Waals surface area contributed by atoms with E-state index >= 15 is 0 Å². The molecule has 0 saturated heterocycles. The SMILES string of the molecule is CC(C)(C)c1ccc(C(=O)Sc2ccccc2C(=O)NCCC(N)=O)cc1.COc1ccc(C(=O)Sc2ccccc2C(=O)NCCC(N)=O)cc1OC.NC(=O)CCNC(=O)c1ccccc1SC(=O)c1cccc(Cl)c1.NC(=O)CCNC(=O)c1ccccc1SC(=O)c1cccc(F)c1. The van der Waals surface area contributed by atoms with Gasteiger partial charge in [-0.25, -0.2) is 4.39 Å². The van der Waals surface area contributed by atoms with Gasteiger partial charge in [-0.05, 0) is 149 Å². The van der Waals surface area contributed by atoms with Crippen LogP contribution in [-0.2, 0) is 24.6 Å². The molecule has 0 fully saturated rings. The fourth-order valence-corrected chi connectivity index (χ4v) is 12.1. The van der Waals surface area contributed by atoms with Crippen LogP contribution in [0.4, 0.5) is 4.39 Å². The van der Waals surface area contributed by atoms with Crippen molar-refractivity contribution >= 4 is 126 Å². The highest BCUT2D eigenvalue weighted by Gasteiger charge is 2.22. The summed E-state index contributed by atoms with van der Waals surface area (Å²) >= 11 is 9.63. The highest BCUT2D eigenvalue weighted by Crippen LogP contribution is 2.34. The van der Waals surface area contributed by atoms with Crippen LogP contribution >= 0.6 is 58.6 Å². The van der Waals surface area contributed by atoms with Crippen LogP contribution < -0.4 is 53.7 Å². The minimum Gasteiger partial charge on any atom is -0.493 e. The molecule has 8 aromatic rings. The molecule has 0 aromatic heterocycles. The molecule has 0 aliphatic carbocycles. The Labute approximate surface area is 610 Å². The summed E-state index contributed by atoms with van der Waals surface area (Å²) in [4.78, 5) is 144. The third-order valence-electron chi connectivity index (χ3n) is 13.7. The van der Waals surface area contributed by atoms with Crippen LogP contribution in [0, 0.1) is 5.82 Å². The quantitative estimate of drug-likeness (QED) is 0.0233. The molecule has 8 aromatic carbocycles. The summed E-state index contributed by atoms with van der Waals surface area (Å²) in [5.74, 6) is -3.00. The second-order valence-electron chi connectivity index (χ2n) is 22.3. The van der Waals surface area contributed by atoms with E-state index in [-0.39, 0.29) is 101 Å². The Morgan fingerprint density at radius 3 is 0.990 bits per heavy atom. The van der Waals surface area contributed by atoms with Crippen molar-refractivity contribution in [2.75, 3.05) is 40.4 Å². The Kier molecular flexibility index (Phi) is 33.7. The first-order valence-corrected chi connectivity index (χ1v) is 34.6. The van der Waals surface area contributed by atoms with Gasteiger partial charge < -0.3 is 53.7 Å². The zero-order valence-electron chi connectivity index (χ0n) is 56.0. The Hall–Kier alpha value is -10.6. The van der Waals surface area contributed by atoms with E-state index in [1.54, 1.807) is 140 Å². The number of primary amides is 4. The third kappa shape index (κ3) is 27.9. The van der Waals surface area contributed by atoms with Gasteiger partial charge in [-0.3, -0.25) is 57.5 Å². The molecule has 0 spiro atoms. The summed E-state index contributed by atoms with van der Waals surface area (Å²) in [6.45, 7) is 6.91. The molecule has 0 unspecified atom stereocenters. The molecule has 0 atom stereocenters. The number of thioether (sulfide) groups is 4. The third-order valence-corrected chi connectivity index (χ3v) is 17.9. The number of amides is 8. The lowest BCUT2D eigenvalue weighted by Crippen LogP contribution is -2.28. The van der Waals surface area contributed by atoms with Crippen molar-refractivity contribution in [2.24, 2.45) is 22.9 Å². The maximum atomic E-state index is 13.2. The largest absolute Gasteiger partial charge is 0.493 e. The summed E-state index contributed by atoms with van der Waals surface area (Å²) in [6, 6.07) is 51.3. The van der Waals surface area contributed by atoms with Gasteiger partial charge in [-0.15, -0.1) is 0 Å². The first kappa shape index (κ1) is 82.1. The first-order chi connectivity index (χ1) is 48.6. The summed E-state index contributed by atoms with van der Waals surface area (Å²) in [5.41, 5.74) is 24.4. The van der Waals surface area contributed by atoms with Gasteiger partial charge >= 0.3 is 0 Å². The minimum atomic E-state index is -0.515. The fourth-order valence-electron chi connectivity index (χ4n) is 8.49. The lowest BCUT2D eigenvalue weighted by molar-refractivity contribution is -0.118. The molecule has 102 heavy (non-hydrogen) atoms. The van der Waals surface area contributed by atoms with Crippen LogP contribution in [0.3, 0.4) is 0 Å². The van der Waals surface area contributed by atoms with Crippen molar-refractivity contribution in [3.05, 3.63) is 249 Å². The van der Waals surface area contributed by atoms with E-state index in [1.165, 1.54) is 32.4 Å². The number of rotatable bonds is 26. The monoisotopic (exact) mass is 1480 g/mol. The predicted molar refractivity (Wildman–Crippen MR) is 394 cm³/mol. The van der Waals surface area contributed by atoms with E-state index < -0.39 is 35.4 Å². The lowest BCUT2D eigenvalue weighted by Gasteiger charge is -2.19. The molecule has 8 amide bonds. The number of halogens is 2. The minimum absolute atomic E-state index is 0.0182. The number of ether oxygens (including phenoxy) is 2.